The first-order valence-electron chi connectivity index (χ1n) is 13.2. The number of β-lactam (4-membered cyclic amide) rings is 1. The van der Waals surface area contributed by atoms with Gasteiger partial charge in [-0.2, -0.15) is 22.5 Å². The summed E-state index contributed by atoms with van der Waals surface area (Å²) in [5.74, 6) is -3.24. The van der Waals surface area contributed by atoms with Crippen LogP contribution < -0.4 is 16.4 Å². The number of carbonyl (C=O) groups is 4. The van der Waals surface area contributed by atoms with Gasteiger partial charge in [-0.15, -0.1) is 16.9 Å². The lowest BCUT2D eigenvalue weighted by molar-refractivity contribution is -0.174. The van der Waals surface area contributed by atoms with E-state index < -0.39 is 70.6 Å². The van der Waals surface area contributed by atoms with Gasteiger partial charge >= 0.3 is 18.2 Å². The molecule has 4 heterocycles. The molecule has 46 heavy (non-hydrogen) atoms. The number of rotatable bonds is 12. The number of hydrogen-bond donors (Lipinski definition) is 4. The molecule has 0 radical (unpaired) electrons. The molecule has 0 aliphatic carbocycles. The van der Waals surface area contributed by atoms with E-state index in [1.165, 1.54) is 9.58 Å². The minimum absolute atomic E-state index is 0.0208. The van der Waals surface area contributed by atoms with Crippen molar-refractivity contribution in [2.75, 3.05) is 36.9 Å². The molecule has 5 N–H and O–H groups in total. The fourth-order valence-electron chi connectivity index (χ4n) is 4.02. The Kier molecular flexibility index (Phi) is 10.5. The first-order valence-corrected chi connectivity index (χ1v) is 16.0. The number of nitrogens with zero attached hydrogens (tertiary/aromatic N) is 8. The Bertz CT molecular complexity index is 1500. The Balaban J connectivity index is 1.36. The van der Waals surface area contributed by atoms with E-state index in [2.05, 4.69) is 45.5 Å². The minimum atomic E-state index is -4.73. The largest absolute Gasteiger partial charge is 0.481 e. The van der Waals surface area contributed by atoms with Crippen LogP contribution in [0.15, 0.2) is 10.3 Å². The topological polar surface area (TPSA) is 242 Å². The van der Waals surface area contributed by atoms with E-state index in [0.29, 0.717) is 11.5 Å². The maximum Gasteiger partial charge on any atom is 0.425 e. The molecular formula is C22H28F3N11O7S3. The zero-order valence-electron chi connectivity index (χ0n) is 24.3. The second kappa shape index (κ2) is 13.8. The number of nitrogen functional groups attached to an aromatic ring is 1. The fraction of sp³-hybridized carbons (Fsp3) is 0.636. The maximum atomic E-state index is 13.0. The molecule has 2 aromatic heterocycles. The smallest absolute Gasteiger partial charge is 0.425 e. The third kappa shape index (κ3) is 8.65. The first kappa shape index (κ1) is 34.9. The molecule has 0 spiro atoms. The van der Waals surface area contributed by atoms with Crippen molar-refractivity contribution in [3.63, 3.8) is 0 Å². The lowest BCUT2D eigenvalue weighted by Gasteiger charge is -2.53. The lowest BCUT2D eigenvalue weighted by atomic mass is 9.89. The Hall–Kier alpha value is -3.93. The Morgan fingerprint density at radius 2 is 2.02 bits per heavy atom. The highest BCUT2D eigenvalue weighted by Crippen LogP contribution is 2.44. The van der Waals surface area contributed by atoms with Crippen molar-refractivity contribution in [1.82, 2.24) is 45.1 Å². The lowest BCUT2D eigenvalue weighted by Crippen LogP contribution is -2.74. The summed E-state index contributed by atoms with van der Waals surface area (Å²) in [7, 11) is 0. The number of hydrogen-bond acceptors (Lipinski definition) is 16. The molecule has 2 unspecified atom stereocenters. The molecule has 2 aliphatic rings. The average Bonchev–Trinajstić information content (AvgIpc) is 3.59. The normalized spacial score (nSPS) is 21.7. The maximum absolute atomic E-state index is 13.0. The number of aromatic nitrogens is 6. The predicted octanol–water partition coefficient (Wildman–Crippen LogP) is 0.178. The predicted molar refractivity (Wildman–Crippen MR) is 156 cm³/mol. The van der Waals surface area contributed by atoms with Crippen molar-refractivity contribution in [1.29, 1.82) is 0 Å². The van der Waals surface area contributed by atoms with Crippen molar-refractivity contribution in [2.24, 2.45) is 10.6 Å². The quantitative estimate of drug-likeness (QED) is 0.0993. The number of ether oxygens (including phenoxy) is 1. The summed E-state index contributed by atoms with van der Waals surface area (Å²) in [6.45, 7) is 3.50. The van der Waals surface area contributed by atoms with Gasteiger partial charge in [0, 0.05) is 36.1 Å². The molecule has 252 valence electrons. The second-order valence-corrected chi connectivity index (χ2v) is 13.7. The molecule has 3 amide bonds. The van der Waals surface area contributed by atoms with Crippen LogP contribution in [0.1, 0.15) is 26.6 Å². The van der Waals surface area contributed by atoms with E-state index in [1.54, 1.807) is 20.8 Å². The van der Waals surface area contributed by atoms with E-state index >= 15 is 0 Å². The number of halogens is 3. The van der Waals surface area contributed by atoms with Crippen LogP contribution in [0, 0.1) is 5.41 Å². The second-order valence-electron chi connectivity index (χ2n) is 10.9. The number of carboxylic acids is 1. The highest BCUT2D eigenvalue weighted by atomic mass is 32.2. The van der Waals surface area contributed by atoms with Gasteiger partial charge in [-0.1, -0.05) is 16.9 Å². The highest BCUT2D eigenvalue weighted by molar-refractivity contribution is 8.00. The van der Waals surface area contributed by atoms with Gasteiger partial charge in [-0.3, -0.25) is 14.4 Å². The number of aliphatic carboxylic acids is 1. The van der Waals surface area contributed by atoms with Crippen LogP contribution in [-0.2, 0) is 30.5 Å². The summed E-state index contributed by atoms with van der Waals surface area (Å²) >= 11 is 2.83. The van der Waals surface area contributed by atoms with Gasteiger partial charge in [0.05, 0.1) is 6.54 Å². The summed E-state index contributed by atoms with van der Waals surface area (Å²) in [6, 6.07) is -1.13. The first-order chi connectivity index (χ1) is 21.5. The number of oxime groups is 1. The van der Waals surface area contributed by atoms with Crippen molar-refractivity contribution in [2.45, 2.75) is 55.7 Å². The number of alkyl carbamates (subject to hydrolysis) is 1. The van der Waals surface area contributed by atoms with Crippen LogP contribution in [0.3, 0.4) is 0 Å². The van der Waals surface area contributed by atoms with Crippen LogP contribution in [0.25, 0.3) is 0 Å². The number of anilines is 1. The number of thioether (sulfide) groups is 2. The monoisotopic (exact) mass is 711 g/mol. The van der Waals surface area contributed by atoms with Crippen LogP contribution in [-0.4, -0.2) is 124 Å². The molecule has 2 aromatic rings. The molecular weight excluding hydrogens is 684 g/mol. The van der Waals surface area contributed by atoms with Crippen molar-refractivity contribution >= 4 is 69.8 Å². The van der Waals surface area contributed by atoms with Crippen LogP contribution >= 0.6 is 35.1 Å². The van der Waals surface area contributed by atoms with Crippen molar-refractivity contribution in [3.05, 3.63) is 5.82 Å². The molecule has 24 heteroatoms. The van der Waals surface area contributed by atoms with E-state index in [-0.39, 0.29) is 41.4 Å². The SMILES string of the molecule is CC(C)(C)OC(=O)NCCn1nnnc1SCC1(C(=O)O)CS[C@@H]2C(NC(=O)C(=NOCC(F)(F)F)c3nsc(N)n3)C(=O)N2C1. The number of amides is 3. The standard InChI is InChI=1S/C22H28F3N11O7S3/c1-20(2,3)43-19(41)27-4-5-36-18(30-33-34-36)45-9-21(16(39)40)6-35-14(38)11(15(35)44-8-21)28-13(37)10(12-29-17(26)46-32-12)31-42-7-22(23,24)25/h11,15H,4-9H2,1-3H3,(H,27,41)(H,28,37)(H,39,40)(H2,26,29,32)/t11?,15-,21?/m1/s1. The van der Waals surface area contributed by atoms with E-state index in [4.69, 9.17) is 10.5 Å². The molecule has 0 bridgehead atoms. The van der Waals surface area contributed by atoms with Crippen LogP contribution in [0.5, 0.6) is 0 Å². The Morgan fingerprint density at radius 1 is 1.28 bits per heavy atom. The number of nitrogens with one attached hydrogen (secondary N) is 2. The Labute approximate surface area is 270 Å². The molecule has 3 atom stereocenters. The number of carboxylic acid groups (broad SMARTS) is 1. The van der Waals surface area contributed by atoms with Crippen LogP contribution in [0.2, 0.25) is 0 Å². The molecule has 2 aliphatic heterocycles. The Morgan fingerprint density at radius 3 is 2.65 bits per heavy atom. The zero-order chi connectivity index (χ0) is 33.9. The minimum Gasteiger partial charge on any atom is -0.481 e. The molecule has 0 aromatic carbocycles. The van der Waals surface area contributed by atoms with Crippen molar-refractivity contribution in [3.8, 4) is 0 Å². The van der Waals surface area contributed by atoms with Gasteiger partial charge in [-0.05, 0) is 31.2 Å². The summed E-state index contributed by atoms with van der Waals surface area (Å²) < 4.78 is 48.0. The molecule has 2 saturated heterocycles. The summed E-state index contributed by atoms with van der Waals surface area (Å²) in [5.41, 5.74) is 2.71. The van der Waals surface area contributed by atoms with E-state index in [9.17, 15) is 37.5 Å². The molecule has 18 nitrogen and oxygen atoms in total. The van der Waals surface area contributed by atoms with Gasteiger partial charge in [0.1, 0.15) is 22.4 Å². The summed E-state index contributed by atoms with van der Waals surface area (Å²) in [6.07, 6.45) is -5.35. The van der Waals surface area contributed by atoms with E-state index in [1.807, 2.05) is 0 Å². The van der Waals surface area contributed by atoms with Gasteiger partial charge in [-0.25, -0.2) is 9.48 Å². The number of fused-ring (bicyclic) bond motifs is 1. The third-order valence-electron chi connectivity index (χ3n) is 6.11. The molecule has 0 saturated carbocycles. The molecule has 2 fully saturated rings. The van der Waals surface area contributed by atoms with E-state index in [0.717, 1.165) is 23.5 Å². The number of alkyl halides is 3. The highest BCUT2D eigenvalue weighted by Gasteiger charge is 2.57. The molecule has 4 rings (SSSR count). The summed E-state index contributed by atoms with van der Waals surface area (Å²) in [5, 5.41) is 29.3. The average molecular weight is 712 g/mol. The van der Waals surface area contributed by atoms with Gasteiger partial charge in [0.25, 0.3) is 5.91 Å². The number of tetrazole rings is 1. The van der Waals surface area contributed by atoms with Gasteiger partial charge in [0.2, 0.25) is 29.2 Å². The van der Waals surface area contributed by atoms with Crippen LogP contribution in [0.4, 0.5) is 23.1 Å². The van der Waals surface area contributed by atoms with Crippen molar-refractivity contribution < 1.29 is 47.0 Å². The third-order valence-corrected chi connectivity index (χ3v) is 9.48. The fourth-order valence-corrected chi connectivity index (χ4v) is 7.22. The van der Waals surface area contributed by atoms with Gasteiger partial charge < -0.3 is 35.9 Å². The number of carbonyl (C=O) groups excluding carboxylic acids is 3. The zero-order valence-corrected chi connectivity index (χ0v) is 26.8. The summed E-state index contributed by atoms with van der Waals surface area (Å²) in [4.78, 5) is 59.6. The number of nitrogens with two attached hydrogens (primary N) is 1. The van der Waals surface area contributed by atoms with Gasteiger partial charge in [0.15, 0.2) is 5.13 Å².